The van der Waals surface area contributed by atoms with Gasteiger partial charge in [-0.1, -0.05) is 6.07 Å². The predicted octanol–water partition coefficient (Wildman–Crippen LogP) is 2.75. The maximum absolute atomic E-state index is 12.7. The number of non-ortho nitro benzene ring substituents is 1. The fourth-order valence-electron chi connectivity index (χ4n) is 3.29. The zero-order valence-corrected chi connectivity index (χ0v) is 19.9. The SMILES string of the molecule is C[C@H](OC(=O)c1ccc(NS(=O)(=O)c2ccc3[nH]c(=O)[nH]c3c2)cc1)C(=O)Nc1cccc([N+](=O)[O-])c1. The molecule has 4 rings (SSSR count). The maximum atomic E-state index is 12.7. The van der Waals surface area contributed by atoms with Crippen LogP contribution in [0.25, 0.3) is 11.0 Å². The number of fused-ring (bicyclic) bond motifs is 1. The van der Waals surface area contributed by atoms with Crippen LogP contribution < -0.4 is 15.7 Å². The van der Waals surface area contributed by atoms with E-state index in [2.05, 4.69) is 20.0 Å². The molecule has 4 N–H and O–H groups in total. The Kier molecular flexibility index (Phi) is 6.75. The van der Waals surface area contributed by atoms with Crippen molar-refractivity contribution in [3.8, 4) is 0 Å². The Hall–Kier alpha value is -4.98. The van der Waals surface area contributed by atoms with Gasteiger partial charge in [-0.2, -0.15) is 0 Å². The molecule has 0 aliphatic heterocycles. The summed E-state index contributed by atoms with van der Waals surface area (Å²) in [6.45, 7) is 1.33. The van der Waals surface area contributed by atoms with Gasteiger partial charge in [-0.25, -0.2) is 18.0 Å². The van der Waals surface area contributed by atoms with Gasteiger partial charge in [-0.3, -0.25) is 19.6 Å². The second kappa shape index (κ2) is 9.94. The topological polar surface area (TPSA) is 193 Å². The second-order valence-electron chi connectivity index (χ2n) is 7.81. The highest BCUT2D eigenvalue weighted by molar-refractivity contribution is 7.92. The van der Waals surface area contributed by atoms with E-state index in [4.69, 9.17) is 4.74 Å². The lowest BCUT2D eigenvalue weighted by Crippen LogP contribution is -2.30. The van der Waals surface area contributed by atoms with E-state index in [0.29, 0.717) is 11.0 Å². The van der Waals surface area contributed by atoms with Crippen molar-refractivity contribution in [3.63, 3.8) is 0 Å². The number of esters is 1. The van der Waals surface area contributed by atoms with Crippen LogP contribution in [0.3, 0.4) is 0 Å². The Morgan fingerprint density at radius 2 is 1.68 bits per heavy atom. The van der Waals surface area contributed by atoms with E-state index in [1.807, 2.05) is 0 Å². The van der Waals surface area contributed by atoms with Gasteiger partial charge in [0.15, 0.2) is 6.10 Å². The zero-order valence-electron chi connectivity index (χ0n) is 19.0. The van der Waals surface area contributed by atoms with Gasteiger partial charge in [0.1, 0.15) is 0 Å². The van der Waals surface area contributed by atoms with Crippen molar-refractivity contribution in [2.24, 2.45) is 0 Å². The third kappa shape index (κ3) is 5.82. The van der Waals surface area contributed by atoms with E-state index in [9.17, 15) is 32.9 Å². The van der Waals surface area contributed by atoms with Crippen molar-refractivity contribution in [1.29, 1.82) is 0 Å². The molecule has 0 unspecified atom stereocenters. The number of sulfonamides is 1. The zero-order chi connectivity index (χ0) is 26.7. The molecule has 0 radical (unpaired) electrons. The van der Waals surface area contributed by atoms with E-state index >= 15 is 0 Å². The van der Waals surface area contributed by atoms with Gasteiger partial charge in [0.25, 0.3) is 21.6 Å². The van der Waals surface area contributed by atoms with Gasteiger partial charge >= 0.3 is 11.7 Å². The number of hydrogen-bond acceptors (Lipinski definition) is 8. The molecular formula is C23H19N5O8S. The van der Waals surface area contributed by atoms with E-state index in [0.717, 1.165) is 0 Å². The standard InChI is InChI=1S/C23H19N5O8S/c1-13(21(29)24-16-3-2-4-17(11-16)28(32)33)36-22(30)14-5-7-15(8-6-14)27-37(34,35)18-9-10-19-20(12-18)26-23(31)25-19/h2-13,27H,1H3,(H,24,29)(H2,25,26,31)/t13-/m0/s1. The van der Waals surface area contributed by atoms with Crippen LogP contribution in [0.2, 0.25) is 0 Å². The number of nitro benzene ring substituents is 1. The van der Waals surface area contributed by atoms with E-state index in [1.54, 1.807) is 0 Å². The lowest BCUT2D eigenvalue weighted by molar-refractivity contribution is -0.384. The van der Waals surface area contributed by atoms with Crippen molar-refractivity contribution in [2.45, 2.75) is 17.9 Å². The number of amides is 1. The van der Waals surface area contributed by atoms with E-state index in [1.165, 1.54) is 73.7 Å². The number of anilines is 2. The minimum absolute atomic E-state index is 0.0595. The van der Waals surface area contributed by atoms with E-state index in [-0.39, 0.29) is 27.5 Å². The Balaban J connectivity index is 1.38. The highest BCUT2D eigenvalue weighted by atomic mass is 32.2. The molecule has 13 nitrogen and oxygen atoms in total. The molecule has 1 atom stereocenters. The number of imidazole rings is 1. The molecule has 4 aromatic rings. The van der Waals surface area contributed by atoms with Gasteiger partial charge in [0, 0.05) is 23.5 Å². The number of hydrogen-bond donors (Lipinski definition) is 4. The third-order valence-corrected chi connectivity index (χ3v) is 6.53. The summed E-state index contributed by atoms with van der Waals surface area (Å²) < 4.78 is 32.9. The molecule has 1 aromatic heterocycles. The molecule has 3 aromatic carbocycles. The van der Waals surface area contributed by atoms with Crippen LogP contribution in [0.4, 0.5) is 17.1 Å². The number of carbonyl (C=O) groups is 2. The summed E-state index contributed by atoms with van der Waals surface area (Å²) >= 11 is 0. The fourth-order valence-corrected chi connectivity index (χ4v) is 4.37. The monoisotopic (exact) mass is 525 g/mol. The number of carbonyl (C=O) groups excluding carboxylic acids is 2. The summed E-state index contributed by atoms with van der Waals surface area (Å²) in [5.74, 6) is -1.53. The van der Waals surface area contributed by atoms with Crippen molar-refractivity contribution in [1.82, 2.24) is 9.97 Å². The molecule has 1 amide bonds. The van der Waals surface area contributed by atoms with Gasteiger partial charge in [0.2, 0.25) is 0 Å². The van der Waals surface area contributed by atoms with E-state index < -0.39 is 38.6 Å². The second-order valence-corrected chi connectivity index (χ2v) is 9.50. The average molecular weight is 525 g/mol. The number of nitrogens with zero attached hydrogens (tertiary/aromatic N) is 1. The minimum Gasteiger partial charge on any atom is -0.449 e. The molecule has 0 aliphatic rings. The number of nitro groups is 1. The van der Waals surface area contributed by atoms with Crippen LogP contribution in [0, 0.1) is 10.1 Å². The summed E-state index contributed by atoms with van der Waals surface area (Å²) in [7, 11) is -3.99. The number of aromatic amines is 2. The summed E-state index contributed by atoms with van der Waals surface area (Å²) in [6.07, 6.45) is -1.22. The molecule has 0 spiro atoms. The predicted molar refractivity (Wildman–Crippen MR) is 133 cm³/mol. The largest absolute Gasteiger partial charge is 0.449 e. The molecule has 0 saturated heterocycles. The Bertz CT molecular complexity index is 1680. The number of H-pyrrole nitrogens is 2. The van der Waals surface area contributed by atoms with Crippen LogP contribution in [0.1, 0.15) is 17.3 Å². The average Bonchev–Trinajstić information content (AvgIpc) is 3.23. The van der Waals surface area contributed by atoms with Gasteiger partial charge < -0.3 is 20.0 Å². The summed E-state index contributed by atoms with van der Waals surface area (Å²) in [5, 5.41) is 13.3. The number of aromatic nitrogens is 2. The Labute approximate surface area is 208 Å². The molecule has 0 saturated carbocycles. The molecule has 1 heterocycles. The number of ether oxygens (including phenoxy) is 1. The molecule has 190 valence electrons. The van der Waals surface area contributed by atoms with Gasteiger partial charge in [-0.05, 0) is 55.5 Å². The minimum atomic E-state index is -3.99. The first-order valence-electron chi connectivity index (χ1n) is 10.6. The summed E-state index contributed by atoms with van der Waals surface area (Å²) in [6, 6.07) is 14.7. The lowest BCUT2D eigenvalue weighted by atomic mass is 10.2. The fraction of sp³-hybridized carbons (Fsp3) is 0.0870. The highest BCUT2D eigenvalue weighted by Gasteiger charge is 2.21. The third-order valence-electron chi connectivity index (χ3n) is 5.15. The number of nitrogens with one attached hydrogen (secondary N) is 4. The van der Waals surface area contributed by atoms with Crippen LogP contribution in [0.15, 0.2) is 76.4 Å². The van der Waals surface area contributed by atoms with Crippen molar-refractivity contribution in [2.75, 3.05) is 10.0 Å². The Morgan fingerprint density at radius 1 is 0.973 bits per heavy atom. The molecule has 14 heteroatoms. The Morgan fingerprint density at radius 3 is 2.38 bits per heavy atom. The molecule has 0 bridgehead atoms. The molecule has 37 heavy (non-hydrogen) atoms. The number of rotatable bonds is 8. The van der Waals surface area contributed by atoms with Gasteiger partial charge in [0.05, 0.1) is 26.4 Å². The number of benzene rings is 3. The van der Waals surface area contributed by atoms with Crippen LogP contribution in [-0.2, 0) is 19.6 Å². The first kappa shape index (κ1) is 25.1. The molecular weight excluding hydrogens is 506 g/mol. The van der Waals surface area contributed by atoms with Crippen molar-refractivity contribution in [3.05, 3.63) is 92.9 Å². The van der Waals surface area contributed by atoms with Crippen molar-refractivity contribution < 1.29 is 27.7 Å². The first-order chi connectivity index (χ1) is 17.5. The van der Waals surface area contributed by atoms with Crippen LogP contribution >= 0.6 is 0 Å². The lowest BCUT2D eigenvalue weighted by Gasteiger charge is -2.14. The van der Waals surface area contributed by atoms with Crippen molar-refractivity contribution >= 4 is 50.0 Å². The van der Waals surface area contributed by atoms with Gasteiger partial charge in [-0.15, -0.1) is 0 Å². The maximum Gasteiger partial charge on any atom is 0.338 e. The smallest absolute Gasteiger partial charge is 0.338 e. The molecule has 0 aliphatic carbocycles. The van der Waals surface area contributed by atoms with Crippen LogP contribution in [0.5, 0.6) is 0 Å². The van der Waals surface area contributed by atoms with Crippen LogP contribution in [-0.4, -0.2) is 41.3 Å². The molecule has 0 fully saturated rings. The quantitative estimate of drug-likeness (QED) is 0.153. The normalized spacial score (nSPS) is 12.0. The first-order valence-corrected chi connectivity index (χ1v) is 12.1. The summed E-state index contributed by atoms with van der Waals surface area (Å²) in [4.78, 5) is 51.4. The summed E-state index contributed by atoms with van der Waals surface area (Å²) in [5.41, 5.74) is 0.504. The highest BCUT2D eigenvalue weighted by Crippen LogP contribution is 2.20.